The Labute approximate surface area is 140 Å². The zero-order valence-corrected chi connectivity index (χ0v) is 14.0. The van der Waals surface area contributed by atoms with Gasteiger partial charge in [0.25, 0.3) is 0 Å². The lowest BCUT2D eigenvalue weighted by Gasteiger charge is -2.30. The normalized spacial score (nSPS) is 18.2. The molecule has 4 rings (SSSR count). The summed E-state index contributed by atoms with van der Waals surface area (Å²) in [6.07, 6.45) is 4.29. The number of carbonyl (C=O) groups excluding carboxylic acids is 1. The number of carbonyl (C=O) groups is 1. The van der Waals surface area contributed by atoms with Crippen LogP contribution in [0.3, 0.4) is 0 Å². The van der Waals surface area contributed by atoms with E-state index in [9.17, 15) is 9.90 Å². The van der Waals surface area contributed by atoms with Crippen LogP contribution in [0.25, 0.3) is 11.3 Å². The minimum atomic E-state index is -0.297. The molecule has 1 aliphatic heterocycles. The van der Waals surface area contributed by atoms with Gasteiger partial charge in [-0.15, -0.1) is 0 Å². The Morgan fingerprint density at radius 2 is 2.00 bits per heavy atom. The summed E-state index contributed by atoms with van der Waals surface area (Å²) in [5.74, 6) is 1.11. The molecular weight excluding hydrogens is 306 g/mol. The summed E-state index contributed by atoms with van der Waals surface area (Å²) in [4.78, 5) is 14.5. The van der Waals surface area contributed by atoms with Crippen LogP contribution in [-0.2, 0) is 11.2 Å². The van der Waals surface area contributed by atoms with Crippen molar-refractivity contribution in [3.8, 4) is 11.5 Å². The standard InChI is InChI=1S/C19H19NO4/c1-20-7-6-10-8-14(23-2)19(24-3)17-15(10)18(20)11-4-5-13(22)12(9-21)16(11)17/h4-5,8,21H,6-7,9H2,1-3H3. The minimum absolute atomic E-state index is 0.156. The largest absolute Gasteiger partial charge is 0.493 e. The van der Waals surface area contributed by atoms with E-state index in [1.165, 1.54) is 11.6 Å². The van der Waals surface area contributed by atoms with Crippen molar-refractivity contribution in [1.29, 1.82) is 0 Å². The minimum Gasteiger partial charge on any atom is -0.493 e. The lowest BCUT2D eigenvalue weighted by atomic mass is 9.89. The highest BCUT2D eigenvalue weighted by Gasteiger charge is 2.39. The van der Waals surface area contributed by atoms with Crippen molar-refractivity contribution in [3.63, 3.8) is 0 Å². The summed E-state index contributed by atoms with van der Waals surface area (Å²) in [6, 6.07) is 2.02. The van der Waals surface area contributed by atoms with E-state index in [1.54, 1.807) is 14.2 Å². The molecule has 1 aromatic rings. The molecule has 0 saturated carbocycles. The summed E-state index contributed by atoms with van der Waals surface area (Å²) >= 11 is 0. The van der Waals surface area contributed by atoms with E-state index in [2.05, 4.69) is 11.9 Å². The molecule has 5 heteroatoms. The fourth-order valence-electron chi connectivity index (χ4n) is 3.95. The van der Waals surface area contributed by atoms with Gasteiger partial charge in [0, 0.05) is 41.4 Å². The Kier molecular flexibility index (Phi) is 3.28. The van der Waals surface area contributed by atoms with Crippen molar-refractivity contribution in [2.45, 2.75) is 6.42 Å². The van der Waals surface area contributed by atoms with Crippen molar-refractivity contribution < 1.29 is 19.4 Å². The van der Waals surface area contributed by atoms with Gasteiger partial charge in [-0.2, -0.15) is 0 Å². The van der Waals surface area contributed by atoms with Crippen molar-refractivity contribution in [2.24, 2.45) is 0 Å². The average Bonchev–Trinajstić information content (AvgIpc) is 2.94. The van der Waals surface area contributed by atoms with Gasteiger partial charge >= 0.3 is 0 Å². The molecule has 0 fully saturated rings. The number of ether oxygens (including phenoxy) is 2. The van der Waals surface area contributed by atoms with Crippen LogP contribution in [0.4, 0.5) is 0 Å². The molecule has 24 heavy (non-hydrogen) atoms. The molecule has 0 saturated heterocycles. The van der Waals surface area contributed by atoms with Gasteiger partial charge in [0.15, 0.2) is 17.3 Å². The van der Waals surface area contributed by atoms with Crippen LogP contribution < -0.4 is 9.47 Å². The first-order valence-corrected chi connectivity index (χ1v) is 7.93. The molecular formula is C19H19NO4. The second-order valence-corrected chi connectivity index (χ2v) is 6.16. The van der Waals surface area contributed by atoms with Crippen LogP contribution >= 0.6 is 0 Å². The van der Waals surface area contributed by atoms with E-state index in [-0.39, 0.29) is 12.4 Å². The van der Waals surface area contributed by atoms with Crippen LogP contribution in [0.2, 0.25) is 0 Å². The molecule has 0 spiro atoms. The van der Waals surface area contributed by atoms with Gasteiger partial charge in [-0.1, -0.05) is 0 Å². The van der Waals surface area contributed by atoms with E-state index < -0.39 is 0 Å². The molecule has 124 valence electrons. The Balaban J connectivity index is 2.16. The first-order valence-electron chi connectivity index (χ1n) is 7.93. The number of aliphatic hydroxyl groups is 1. The predicted molar refractivity (Wildman–Crippen MR) is 91.0 cm³/mol. The monoisotopic (exact) mass is 325 g/mol. The second kappa shape index (κ2) is 5.24. The van der Waals surface area contributed by atoms with Crippen molar-refractivity contribution >= 4 is 17.1 Å². The molecule has 0 bridgehead atoms. The molecule has 1 aromatic carbocycles. The van der Waals surface area contributed by atoms with Gasteiger partial charge in [0.1, 0.15) is 0 Å². The lowest BCUT2D eigenvalue weighted by Crippen LogP contribution is -2.25. The molecule has 3 aliphatic rings. The third-order valence-corrected chi connectivity index (χ3v) is 5.02. The number of allylic oxidation sites excluding steroid dienone is 4. The molecule has 0 unspecified atom stereocenters. The van der Waals surface area contributed by atoms with Gasteiger partial charge in [0.05, 0.1) is 26.5 Å². The van der Waals surface area contributed by atoms with Crippen LogP contribution in [0.15, 0.2) is 29.4 Å². The van der Waals surface area contributed by atoms with Gasteiger partial charge in [0.2, 0.25) is 0 Å². The average molecular weight is 325 g/mol. The molecule has 2 aliphatic carbocycles. The number of rotatable bonds is 3. The van der Waals surface area contributed by atoms with Crippen molar-refractivity contribution in [2.75, 3.05) is 34.4 Å². The van der Waals surface area contributed by atoms with E-state index in [4.69, 9.17) is 9.47 Å². The maximum Gasteiger partial charge on any atom is 0.184 e. The number of methoxy groups -OCH3 is 2. The molecule has 0 amide bonds. The number of nitrogens with zero attached hydrogens (tertiary/aromatic N) is 1. The number of ketones is 1. The molecule has 0 aromatic heterocycles. The molecule has 0 radical (unpaired) electrons. The number of fused-ring (bicyclic) bond motifs is 2. The second-order valence-electron chi connectivity index (χ2n) is 6.16. The van der Waals surface area contributed by atoms with Crippen molar-refractivity contribution in [1.82, 2.24) is 4.90 Å². The van der Waals surface area contributed by atoms with E-state index in [0.717, 1.165) is 40.9 Å². The number of benzene rings is 1. The quantitative estimate of drug-likeness (QED) is 0.918. The van der Waals surface area contributed by atoms with Gasteiger partial charge in [-0.25, -0.2) is 0 Å². The molecule has 1 N–H and O–H groups in total. The van der Waals surface area contributed by atoms with Crippen LogP contribution in [0.5, 0.6) is 11.5 Å². The number of aliphatic hydroxyl groups excluding tert-OH is 1. The summed E-state index contributed by atoms with van der Waals surface area (Å²) in [7, 11) is 5.27. The number of hydrogen-bond acceptors (Lipinski definition) is 5. The Bertz CT molecular complexity index is 861. The zero-order chi connectivity index (χ0) is 17.0. The van der Waals surface area contributed by atoms with Gasteiger partial charge in [-0.05, 0) is 30.2 Å². The summed E-state index contributed by atoms with van der Waals surface area (Å²) in [6.45, 7) is 0.596. The summed E-state index contributed by atoms with van der Waals surface area (Å²) in [5.41, 5.74) is 6.41. The number of likely N-dealkylation sites (N-methyl/N-ethyl adjacent to an activating group) is 1. The zero-order valence-electron chi connectivity index (χ0n) is 14.0. The number of hydrogen-bond donors (Lipinski definition) is 1. The van der Waals surface area contributed by atoms with Crippen molar-refractivity contribution in [3.05, 3.63) is 46.1 Å². The van der Waals surface area contributed by atoms with Crippen LogP contribution in [0, 0.1) is 0 Å². The lowest BCUT2D eigenvalue weighted by molar-refractivity contribution is -0.111. The maximum atomic E-state index is 12.3. The van der Waals surface area contributed by atoms with Crippen LogP contribution in [-0.4, -0.2) is 50.2 Å². The molecule has 1 heterocycles. The first-order chi connectivity index (χ1) is 11.6. The summed E-state index contributed by atoms with van der Waals surface area (Å²) < 4.78 is 11.2. The SMILES string of the molecule is COc1cc2c3c(c1OC)C1=C(CO)C(=O)C=CC1=C3N(C)CC2. The van der Waals surface area contributed by atoms with Gasteiger partial charge in [-0.3, -0.25) is 4.79 Å². The highest BCUT2D eigenvalue weighted by molar-refractivity contribution is 6.20. The molecule has 0 atom stereocenters. The molecule has 5 nitrogen and oxygen atoms in total. The van der Waals surface area contributed by atoms with Gasteiger partial charge < -0.3 is 19.5 Å². The van der Waals surface area contributed by atoms with E-state index in [1.807, 2.05) is 12.1 Å². The summed E-state index contributed by atoms with van der Waals surface area (Å²) in [5, 5.41) is 9.81. The Hall–Kier alpha value is -2.53. The maximum absolute atomic E-state index is 12.3. The first kappa shape index (κ1) is 15.0. The Morgan fingerprint density at radius 1 is 1.21 bits per heavy atom. The van der Waals surface area contributed by atoms with E-state index >= 15 is 0 Å². The third kappa shape index (κ3) is 1.76. The smallest absolute Gasteiger partial charge is 0.184 e. The third-order valence-electron chi connectivity index (χ3n) is 5.02. The Morgan fingerprint density at radius 3 is 2.67 bits per heavy atom. The highest BCUT2D eigenvalue weighted by Crippen LogP contribution is 2.55. The highest BCUT2D eigenvalue weighted by atomic mass is 16.5. The predicted octanol–water partition coefficient (Wildman–Crippen LogP) is 1.80. The van der Waals surface area contributed by atoms with Crippen LogP contribution in [0.1, 0.15) is 16.7 Å². The fraction of sp³-hybridized carbons (Fsp3) is 0.316. The fourth-order valence-corrected chi connectivity index (χ4v) is 3.95. The topological polar surface area (TPSA) is 59.0 Å². The van der Waals surface area contributed by atoms with E-state index in [0.29, 0.717) is 17.1 Å².